The second kappa shape index (κ2) is 6.36. The highest BCUT2D eigenvalue weighted by Crippen LogP contribution is 2.12. The quantitative estimate of drug-likeness (QED) is 0.806. The zero-order valence-corrected chi connectivity index (χ0v) is 11.3. The lowest BCUT2D eigenvalue weighted by Crippen LogP contribution is -2.26. The van der Waals surface area contributed by atoms with E-state index in [1.165, 1.54) is 10.4 Å². The van der Waals surface area contributed by atoms with Crippen molar-refractivity contribution in [2.75, 3.05) is 7.05 Å². The Morgan fingerprint density at radius 3 is 2.61 bits per heavy atom. The molecule has 2 nitrogen and oxygen atoms in total. The van der Waals surface area contributed by atoms with Crippen LogP contribution < -0.4 is 0 Å². The lowest BCUT2D eigenvalue weighted by Gasteiger charge is -2.17. The molecule has 1 heterocycles. The van der Waals surface area contributed by atoms with Crippen molar-refractivity contribution in [3.05, 3.63) is 58.3 Å². The molecule has 0 spiro atoms. The maximum Gasteiger partial charge on any atom is 0.222 e. The van der Waals surface area contributed by atoms with Gasteiger partial charge in [-0.1, -0.05) is 36.4 Å². The lowest BCUT2D eigenvalue weighted by molar-refractivity contribution is -0.130. The van der Waals surface area contributed by atoms with E-state index in [1.54, 1.807) is 16.2 Å². The average Bonchev–Trinajstić information content (AvgIpc) is 2.90. The number of thiophene rings is 1. The Labute approximate surface area is 112 Å². The summed E-state index contributed by atoms with van der Waals surface area (Å²) in [5.74, 6) is 0.201. The zero-order valence-electron chi connectivity index (χ0n) is 10.5. The predicted molar refractivity (Wildman–Crippen MR) is 75.6 cm³/mol. The van der Waals surface area contributed by atoms with Crippen molar-refractivity contribution in [1.29, 1.82) is 0 Å². The Morgan fingerprint density at radius 1 is 1.17 bits per heavy atom. The van der Waals surface area contributed by atoms with Crippen LogP contribution in [0.4, 0.5) is 0 Å². The van der Waals surface area contributed by atoms with Crippen LogP contribution in [0.5, 0.6) is 0 Å². The smallest absolute Gasteiger partial charge is 0.222 e. The number of carbonyl (C=O) groups is 1. The molecule has 1 aromatic heterocycles. The number of carbonyl (C=O) groups excluding carboxylic acids is 1. The van der Waals surface area contributed by atoms with Crippen LogP contribution in [0.15, 0.2) is 47.8 Å². The molecule has 0 atom stereocenters. The van der Waals surface area contributed by atoms with Gasteiger partial charge in [-0.15, -0.1) is 11.3 Å². The van der Waals surface area contributed by atoms with Gasteiger partial charge < -0.3 is 4.90 Å². The van der Waals surface area contributed by atoms with Gasteiger partial charge in [0.25, 0.3) is 0 Å². The molecule has 2 rings (SSSR count). The van der Waals surface area contributed by atoms with Gasteiger partial charge >= 0.3 is 0 Å². The highest BCUT2D eigenvalue weighted by Gasteiger charge is 2.09. The van der Waals surface area contributed by atoms with Gasteiger partial charge in [0.15, 0.2) is 0 Å². The molecule has 0 saturated carbocycles. The van der Waals surface area contributed by atoms with E-state index in [9.17, 15) is 4.79 Å². The van der Waals surface area contributed by atoms with E-state index in [0.717, 1.165) is 6.42 Å². The summed E-state index contributed by atoms with van der Waals surface area (Å²) >= 11 is 1.71. The van der Waals surface area contributed by atoms with Crippen LogP contribution in [-0.4, -0.2) is 17.9 Å². The fourth-order valence-corrected chi connectivity index (χ4v) is 2.53. The van der Waals surface area contributed by atoms with E-state index in [-0.39, 0.29) is 5.91 Å². The minimum absolute atomic E-state index is 0.201. The summed E-state index contributed by atoms with van der Waals surface area (Å²) in [5, 5.41) is 2.05. The molecule has 0 aliphatic rings. The van der Waals surface area contributed by atoms with Crippen LogP contribution >= 0.6 is 11.3 Å². The molecular formula is C15H17NOS. The van der Waals surface area contributed by atoms with Gasteiger partial charge in [-0.25, -0.2) is 0 Å². The summed E-state index contributed by atoms with van der Waals surface area (Å²) in [5.41, 5.74) is 1.17. The first-order valence-corrected chi connectivity index (χ1v) is 6.94. The van der Waals surface area contributed by atoms with E-state index in [2.05, 4.69) is 6.07 Å². The summed E-state index contributed by atoms with van der Waals surface area (Å²) in [7, 11) is 1.86. The maximum atomic E-state index is 12.0. The number of rotatable bonds is 5. The minimum Gasteiger partial charge on any atom is -0.341 e. The molecule has 0 N–H and O–H groups in total. The van der Waals surface area contributed by atoms with Crippen molar-refractivity contribution < 1.29 is 4.79 Å². The summed E-state index contributed by atoms with van der Waals surface area (Å²) in [6, 6.07) is 14.2. The maximum absolute atomic E-state index is 12.0. The van der Waals surface area contributed by atoms with Crippen LogP contribution in [0.3, 0.4) is 0 Å². The first kappa shape index (κ1) is 12.8. The Bertz CT molecular complexity index is 478. The molecule has 3 heteroatoms. The van der Waals surface area contributed by atoms with E-state index >= 15 is 0 Å². The highest BCUT2D eigenvalue weighted by atomic mass is 32.1. The molecule has 2 aromatic rings. The van der Waals surface area contributed by atoms with Crippen LogP contribution in [0, 0.1) is 0 Å². The molecule has 0 aliphatic carbocycles. The number of nitrogens with zero attached hydrogens (tertiary/aromatic N) is 1. The molecule has 0 radical (unpaired) electrons. The third kappa shape index (κ3) is 3.70. The van der Waals surface area contributed by atoms with Crippen LogP contribution in [0.1, 0.15) is 16.9 Å². The summed E-state index contributed by atoms with van der Waals surface area (Å²) < 4.78 is 0. The molecule has 0 saturated heterocycles. The van der Waals surface area contributed by atoms with Gasteiger partial charge in [0, 0.05) is 24.9 Å². The topological polar surface area (TPSA) is 20.3 Å². The molecule has 1 amide bonds. The molecule has 0 fully saturated rings. The van der Waals surface area contributed by atoms with Crippen molar-refractivity contribution in [2.24, 2.45) is 0 Å². The van der Waals surface area contributed by atoms with Crippen LogP contribution in [0.2, 0.25) is 0 Å². The zero-order chi connectivity index (χ0) is 12.8. The summed E-state index contributed by atoms with van der Waals surface area (Å²) in [6.07, 6.45) is 1.43. The van der Waals surface area contributed by atoms with E-state index in [0.29, 0.717) is 13.0 Å². The van der Waals surface area contributed by atoms with Crippen molar-refractivity contribution in [1.82, 2.24) is 4.90 Å². The van der Waals surface area contributed by atoms with Crippen LogP contribution in [0.25, 0.3) is 0 Å². The number of hydrogen-bond acceptors (Lipinski definition) is 2. The Kier molecular flexibility index (Phi) is 4.53. The van der Waals surface area contributed by atoms with Gasteiger partial charge in [0.1, 0.15) is 0 Å². The molecule has 0 bridgehead atoms. The van der Waals surface area contributed by atoms with Crippen molar-refractivity contribution in [3.8, 4) is 0 Å². The first-order valence-electron chi connectivity index (χ1n) is 6.06. The molecular weight excluding hydrogens is 242 g/mol. The predicted octanol–water partition coefficient (Wildman–Crippen LogP) is 3.34. The van der Waals surface area contributed by atoms with Gasteiger partial charge in [0.05, 0.1) is 0 Å². The monoisotopic (exact) mass is 259 g/mol. The molecule has 0 aliphatic heterocycles. The number of amides is 1. The standard InChI is InChI=1S/C15H17NOS/c1-16(12-13-6-3-2-4-7-13)15(17)10-9-14-8-5-11-18-14/h2-8,11H,9-10,12H2,1H3. The molecule has 0 unspecified atom stereocenters. The van der Waals surface area contributed by atoms with Gasteiger partial charge in [0.2, 0.25) is 5.91 Å². The highest BCUT2D eigenvalue weighted by molar-refractivity contribution is 7.09. The average molecular weight is 259 g/mol. The lowest BCUT2D eigenvalue weighted by atomic mass is 10.2. The Hall–Kier alpha value is -1.61. The summed E-state index contributed by atoms with van der Waals surface area (Å²) in [4.78, 5) is 15.0. The fourth-order valence-electron chi connectivity index (χ4n) is 1.82. The third-order valence-electron chi connectivity index (χ3n) is 2.85. The number of hydrogen-bond donors (Lipinski definition) is 0. The Morgan fingerprint density at radius 2 is 1.94 bits per heavy atom. The van der Waals surface area contributed by atoms with Gasteiger partial charge in [-0.2, -0.15) is 0 Å². The van der Waals surface area contributed by atoms with Crippen LogP contribution in [-0.2, 0) is 17.8 Å². The van der Waals surface area contributed by atoms with Crippen molar-refractivity contribution >= 4 is 17.2 Å². The van der Waals surface area contributed by atoms with E-state index in [4.69, 9.17) is 0 Å². The SMILES string of the molecule is CN(Cc1ccccc1)C(=O)CCc1cccs1. The Balaban J connectivity index is 1.82. The minimum atomic E-state index is 0.201. The summed E-state index contributed by atoms with van der Waals surface area (Å²) in [6.45, 7) is 0.685. The molecule has 1 aromatic carbocycles. The van der Waals surface area contributed by atoms with Crippen molar-refractivity contribution in [3.63, 3.8) is 0 Å². The number of aryl methyl sites for hydroxylation is 1. The largest absolute Gasteiger partial charge is 0.341 e. The fraction of sp³-hybridized carbons (Fsp3) is 0.267. The number of benzene rings is 1. The normalized spacial score (nSPS) is 10.3. The second-order valence-corrected chi connectivity index (χ2v) is 5.35. The van der Waals surface area contributed by atoms with E-state index in [1.807, 2.05) is 48.8 Å². The first-order chi connectivity index (χ1) is 8.75. The molecule has 94 valence electrons. The van der Waals surface area contributed by atoms with E-state index < -0.39 is 0 Å². The second-order valence-electron chi connectivity index (χ2n) is 4.31. The van der Waals surface area contributed by atoms with Crippen molar-refractivity contribution in [2.45, 2.75) is 19.4 Å². The van der Waals surface area contributed by atoms with Gasteiger partial charge in [-0.3, -0.25) is 4.79 Å². The van der Waals surface area contributed by atoms with Gasteiger partial charge in [-0.05, 0) is 23.4 Å². The molecule has 18 heavy (non-hydrogen) atoms. The third-order valence-corrected chi connectivity index (χ3v) is 3.79.